The van der Waals surface area contributed by atoms with Crippen LogP contribution in [-0.4, -0.2) is 36.1 Å². The number of primary amides is 1. The monoisotopic (exact) mass is 297 g/mol. The summed E-state index contributed by atoms with van der Waals surface area (Å²) in [5.41, 5.74) is 6.11. The minimum Gasteiger partial charge on any atom is -0.381 e. The standard InChI is InChI=1S/C13H16ClN3O3/c14-11-2-1-8(6-16-11)5-10(12(15)18)17-13(19)9-3-4-20-7-9/h1-2,6,9-10H,3-5,7H2,(H2,15,18)(H,17,19)/t9-,10-/m0/s1. The van der Waals surface area contributed by atoms with Gasteiger partial charge < -0.3 is 15.8 Å². The van der Waals surface area contributed by atoms with E-state index in [1.165, 1.54) is 0 Å². The number of halogens is 1. The summed E-state index contributed by atoms with van der Waals surface area (Å²) in [4.78, 5) is 27.3. The van der Waals surface area contributed by atoms with Crippen molar-refractivity contribution in [2.45, 2.75) is 18.9 Å². The Labute approximate surface area is 121 Å². The van der Waals surface area contributed by atoms with E-state index in [9.17, 15) is 9.59 Å². The Hall–Kier alpha value is -1.66. The van der Waals surface area contributed by atoms with Gasteiger partial charge >= 0.3 is 0 Å². The van der Waals surface area contributed by atoms with E-state index in [2.05, 4.69) is 10.3 Å². The van der Waals surface area contributed by atoms with E-state index in [0.717, 1.165) is 5.56 Å². The van der Waals surface area contributed by atoms with Gasteiger partial charge in [-0.1, -0.05) is 17.7 Å². The fraction of sp³-hybridized carbons (Fsp3) is 0.462. The van der Waals surface area contributed by atoms with E-state index >= 15 is 0 Å². The van der Waals surface area contributed by atoms with Gasteiger partial charge in [0, 0.05) is 19.2 Å². The summed E-state index contributed by atoms with van der Waals surface area (Å²) < 4.78 is 5.15. The first-order valence-corrected chi connectivity index (χ1v) is 6.72. The molecule has 1 aliphatic heterocycles. The molecule has 1 fully saturated rings. The fourth-order valence-electron chi connectivity index (χ4n) is 2.02. The third-order valence-electron chi connectivity index (χ3n) is 3.19. The molecule has 0 aromatic carbocycles. The quantitative estimate of drug-likeness (QED) is 0.764. The van der Waals surface area contributed by atoms with Gasteiger partial charge in [0.15, 0.2) is 0 Å². The van der Waals surface area contributed by atoms with Crippen LogP contribution in [-0.2, 0) is 20.7 Å². The molecule has 0 saturated carbocycles. The third kappa shape index (κ3) is 3.91. The highest BCUT2D eigenvalue weighted by atomic mass is 35.5. The van der Waals surface area contributed by atoms with Crippen LogP contribution in [0, 0.1) is 5.92 Å². The first-order valence-electron chi connectivity index (χ1n) is 6.34. The molecule has 1 saturated heterocycles. The summed E-state index contributed by atoms with van der Waals surface area (Å²) in [5, 5.41) is 3.04. The maximum absolute atomic E-state index is 12.0. The predicted octanol–water partition coefficient (Wildman–Crippen LogP) is 0.284. The van der Waals surface area contributed by atoms with Gasteiger partial charge in [-0.15, -0.1) is 0 Å². The second kappa shape index (κ2) is 6.67. The lowest BCUT2D eigenvalue weighted by Gasteiger charge is -2.17. The minimum absolute atomic E-state index is 0.201. The molecular weight excluding hydrogens is 282 g/mol. The lowest BCUT2D eigenvalue weighted by molar-refractivity contribution is -0.129. The van der Waals surface area contributed by atoms with Gasteiger partial charge in [0.2, 0.25) is 11.8 Å². The maximum atomic E-state index is 12.0. The molecule has 2 rings (SSSR count). The Morgan fingerprint density at radius 1 is 1.55 bits per heavy atom. The summed E-state index contributed by atoms with van der Waals surface area (Å²) in [5.74, 6) is -0.986. The number of aromatic nitrogens is 1. The van der Waals surface area contributed by atoms with Crippen molar-refractivity contribution in [1.82, 2.24) is 10.3 Å². The molecule has 20 heavy (non-hydrogen) atoms. The lowest BCUT2D eigenvalue weighted by atomic mass is 10.0. The molecule has 6 nitrogen and oxygen atoms in total. The van der Waals surface area contributed by atoms with E-state index < -0.39 is 11.9 Å². The van der Waals surface area contributed by atoms with Gasteiger partial charge in [-0.2, -0.15) is 0 Å². The Morgan fingerprint density at radius 3 is 2.90 bits per heavy atom. The van der Waals surface area contributed by atoms with E-state index in [1.54, 1.807) is 18.3 Å². The number of hydrogen-bond donors (Lipinski definition) is 2. The summed E-state index contributed by atoms with van der Waals surface area (Å²) >= 11 is 5.69. The molecule has 108 valence electrons. The molecule has 0 unspecified atom stereocenters. The number of carbonyl (C=O) groups is 2. The number of nitrogens with two attached hydrogens (primary N) is 1. The summed E-state index contributed by atoms with van der Waals surface area (Å²) in [6.07, 6.45) is 2.52. The molecule has 1 aliphatic rings. The smallest absolute Gasteiger partial charge is 0.240 e. The molecule has 2 amide bonds. The highest BCUT2D eigenvalue weighted by molar-refractivity contribution is 6.29. The van der Waals surface area contributed by atoms with Crippen molar-refractivity contribution in [3.63, 3.8) is 0 Å². The Morgan fingerprint density at radius 2 is 2.35 bits per heavy atom. The zero-order chi connectivity index (χ0) is 14.5. The Balaban J connectivity index is 1.98. The molecule has 0 radical (unpaired) electrons. The molecule has 1 aromatic rings. The number of amides is 2. The average Bonchev–Trinajstić information content (AvgIpc) is 2.94. The number of nitrogens with zero attached hydrogens (tertiary/aromatic N) is 1. The fourth-order valence-corrected chi connectivity index (χ4v) is 2.13. The zero-order valence-electron chi connectivity index (χ0n) is 10.8. The number of carbonyl (C=O) groups excluding carboxylic acids is 2. The highest BCUT2D eigenvalue weighted by Gasteiger charge is 2.27. The zero-order valence-corrected chi connectivity index (χ0v) is 11.6. The second-order valence-corrected chi connectivity index (χ2v) is 5.10. The molecule has 7 heteroatoms. The van der Waals surface area contributed by atoms with Crippen molar-refractivity contribution in [2.75, 3.05) is 13.2 Å². The molecule has 0 aliphatic carbocycles. The SMILES string of the molecule is NC(=O)[C@H](Cc1ccc(Cl)nc1)NC(=O)[C@H]1CCOC1. The minimum atomic E-state index is -0.758. The summed E-state index contributed by atoms with van der Waals surface area (Å²) in [6.45, 7) is 0.959. The number of nitrogens with one attached hydrogen (secondary N) is 1. The summed E-state index contributed by atoms with van der Waals surface area (Å²) in [6, 6.07) is 2.61. The van der Waals surface area contributed by atoms with E-state index in [1.807, 2.05) is 0 Å². The van der Waals surface area contributed by atoms with Crippen LogP contribution in [0.3, 0.4) is 0 Å². The van der Waals surface area contributed by atoms with Crippen molar-refractivity contribution in [2.24, 2.45) is 11.7 Å². The van der Waals surface area contributed by atoms with Crippen LogP contribution in [0.4, 0.5) is 0 Å². The number of ether oxygens (including phenoxy) is 1. The van der Waals surface area contributed by atoms with Crippen LogP contribution in [0.1, 0.15) is 12.0 Å². The average molecular weight is 298 g/mol. The van der Waals surface area contributed by atoms with Crippen LogP contribution in [0.2, 0.25) is 5.15 Å². The Bertz CT molecular complexity index is 486. The first kappa shape index (κ1) is 14.7. The van der Waals surface area contributed by atoms with Crippen LogP contribution in [0.5, 0.6) is 0 Å². The van der Waals surface area contributed by atoms with Crippen molar-refractivity contribution < 1.29 is 14.3 Å². The summed E-state index contributed by atoms with van der Waals surface area (Å²) in [7, 11) is 0. The lowest BCUT2D eigenvalue weighted by Crippen LogP contribution is -2.48. The molecular formula is C13H16ClN3O3. The topological polar surface area (TPSA) is 94.3 Å². The van der Waals surface area contributed by atoms with Gasteiger partial charge in [0.25, 0.3) is 0 Å². The maximum Gasteiger partial charge on any atom is 0.240 e. The van der Waals surface area contributed by atoms with E-state index in [-0.39, 0.29) is 11.8 Å². The molecule has 3 N–H and O–H groups in total. The van der Waals surface area contributed by atoms with Crippen LogP contribution >= 0.6 is 11.6 Å². The highest BCUT2D eigenvalue weighted by Crippen LogP contribution is 2.13. The van der Waals surface area contributed by atoms with Crippen molar-refractivity contribution in [3.05, 3.63) is 29.0 Å². The van der Waals surface area contributed by atoms with Gasteiger partial charge in [-0.05, 0) is 18.1 Å². The van der Waals surface area contributed by atoms with Gasteiger partial charge in [-0.3, -0.25) is 9.59 Å². The van der Waals surface area contributed by atoms with Crippen molar-refractivity contribution >= 4 is 23.4 Å². The number of rotatable bonds is 5. The van der Waals surface area contributed by atoms with Crippen molar-refractivity contribution in [3.8, 4) is 0 Å². The third-order valence-corrected chi connectivity index (χ3v) is 3.41. The number of pyridine rings is 1. The van der Waals surface area contributed by atoms with Crippen molar-refractivity contribution in [1.29, 1.82) is 0 Å². The van der Waals surface area contributed by atoms with Gasteiger partial charge in [0.05, 0.1) is 12.5 Å². The molecule has 2 heterocycles. The van der Waals surface area contributed by atoms with Gasteiger partial charge in [0.1, 0.15) is 11.2 Å². The van der Waals surface area contributed by atoms with Crippen LogP contribution in [0.15, 0.2) is 18.3 Å². The second-order valence-electron chi connectivity index (χ2n) is 4.72. The first-order chi connectivity index (χ1) is 9.56. The van der Waals surface area contributed by atoms with Crippen LogP contribution in [0.25, 0.3) is 0 Å². The van der Waals surface area contributed by atoms with E-state index in [4.69, 9.17) is 22.1 Å². The largest absolute Gasteiger partial charge is 0.381 e. The van der Waals surface area contributed by atoms with Gasteiger partial charge in [-0.25, -0.2) is 4.98 Å². The number of hydrogen-bond acceptors (Lipinski definition) is 4. The molecule has 0 spiro atoms. The molecule has 0 bridgehead atoms. The van der Waals surface area contributed by atoms with E-state index in [0.29, 0.717) is 31.2 Å². The predicted molar refractivity (Wildman–Crippen MR) is 73.0 cm³/mol. The van der Waals surface area contributed by atoms with Crippen LogP contribution < -0.4 is 11.1 Å². The normalized spacial score (nSPS) is 19.6. The molecule has 2 atom stereocenters. The Kier molecular flexibility index (Phi) is 4.92. The molecule has 1 aromatic heterocycles.